The first kappa shape index (κ1) is 11.2. The molecule has 2 nitrogen and oxygen atoms in total. The number of methoxy groups -OCH3 is 1. The molecule has 0 fully saturated rings. The molecule has 4 heteroatoms. The third-order valence-corrected chi connectivity index (χ3v) is 3.66. The molecule has 2 N–H and O–H groups in total. The molecule has 1 heterocycles. The third-order valence-electron chi connectivity index (χ3n) is 1.91. The molecule has 0 spiro atoms. The van der Waals surface area contributed by atoms with Gasteiger partial charge >= 0.3 is 0 Å². The largest absolute Gasteiger partial charge is 0.385 e. The van der Waals surface area contributed by atoms with E-state index in [1.807, 2.05) is 0 Å². The predicted octanol–water partition coefficient (Wildman–Crippen LogP) is 2.94. The lowest BCUT2D eigenvalue weighted by Gasteiger charge is -2.09. The molecule has 0 saturated carbocycles. The summed E-state index contributed by atoms with van der Waals surface area (Å²) in [4.78, 5) is 0. The summed E-state index contributed by atoms with van der Waals surface area (Å²) < 4.78 is 6.10. The van der Waals surface area contributed by atoms with E-state index in [9.17, 15) is 0 Å². The van der Waals surface area contributed by atoms with Crippen molar-refractivity contribution in [1.82, 2.24) is 0 Å². The Morgan fingerprint density at radius 3 is 2.92 bits per heavy atom. The van der Waals surface area contributed by atoms with Crippen molar-refractivity contribution in [2.45, 2.75) is 18.9 Å². The predicted molar refractivity (Wildman–Crippen MR) is 60.1 cm³/mol. The van der Waals surface area contributed by atoms with Crippen molar-refractivity contribution >= 4 is 27.3 Å². The summed E-state index contributed by atoms with van der Waals surface area (Å²) in [6.07, 6.45) is 1.99. The Hall–Kier alpha value is 0.100. The summed E-state index contributed by atoms with van der Waals surface area (Å²) in [5.74, 6) is 0. The fraction of sp³-hybridized carbons (Fsp3) is 0.556. The van der Waals surface area contributed by atoms with Gasteiger partial charge in [0.1, 0.15) is 0 Å². The summed E-state index contributed by atoms with van der Waals surface area (Å²) >= 11 is 5.15. The van der Waals surface area contributed by atoms with Gasteiger partial charge in [-0.25, -0.2) is 0 Å². The van der Waals surface area contributed by atoms with Gasteiger partial charge in [-0.05, 0) is 39.7 Å². The number of halogens is 1. The van der Waals surface area contributed by atoms with Crippen molar-refractivity contribution in [3.63, 3.8) is 0 Å². The molecule has 0 aliphatic heterocycles. The Labute approximate surface area is 91.2 Å². The van der Waals surface area contributed by atoms with Crippen LogP contribution < -0.4 is 5.73 Å². The monoisotopic (exact) mass is 263 g/mol. The fourth-order valence-corrected chi connectivity index (χ4v) is 2.81. The fourth-order valence-electron chi connectivity index (χ4n) is 1.16. The van der Waals surface area contributed by atoms with Crippen molar-refractivity contribution in [3.8, 4) is 0 Å². The highest BCUT2D eigenvalue weighted by Crippen LogP contribution is 2.28. The van der Waals surface area contributed by atoms with E-state index >= 15 is 0 Å². The molecule has 1 unspecified atom stereocenters. The zero-order chi connectivity index (χ0) is 9.68. The maximum atomic E-state index is 6.00. The smallest absolute Gasteiger partial charge is 0.0462 e. The summed E-state index contributed by atoms with van der Waals surface area (Å²) in [5.41, 5.74) is 7.21. The minimum absolute atomic E-state index is 0.135. The first-order valence-corrected chi connectivity index (χ1v) is 5.95. The van der Waals surface area contributed by atoms with E-state index < -0.39 is 0 Å². The molecule has 0 aliphatic rings. The second-order valence-corrected chi connectivity index (χ2v) is 4.51. The summed E-state index contributed by atoms with van der Waals surface area (Å²) in [5, 5.41) is 4.16. The van der Waals surface area contributed by atoms with Gasteiger partial charge in [-0.15, -0.1) is 0 Å². The summed E-state index contributed by atoms with van der Waals surface area (Å²) in [6, 6.07) is 0.135. The van der Waals surface area contributed by atoms with Crippen LogP contribution >= 0.6 is 27.3 Å². The maximum Gasteiger partial charge on any atom is 0.0462 e. The molecule has 0 aromatic carbocycles. The summed E-state index contributed by atoms with van der Waals surface area (Å²) in [6.45, 7) is 0.787. The molecule has 74 valence electrons. The van der Waals surface area contributed by atoms with Gasteiger partial charge in [0.2, 0.25) is 0 Å². The van der Waals surface area contributed by atoms with Gasteiger partial charge in [0, 0.05) is 29.6 Å². The van der Waals surface area contributed by atoms with Crippen LogP contribution in [0, 0.1) is 0 Å². The van der Waals surface area contributed by atoms with Crippen LogP contribution in [0.3, 0.4) is 0 Å². The van der Waals surface area contributed by atoms with Crippen LogP contribution in [0.1, 0.15) is 24.4 Å². The molecule has 1 aromatic heterocycles. The number of ether oxygens (including phenoxy) is 1. The van der Waals surface area contributed by atoms with E-state index in [2.05, 4.69) is 26.7 Å². The maximum absolute atomic E-state index is 6.00. The average Bonchev–Trinajstić information content (AvgIpc) is 2.52. The molecule has 13 heavy (non-hydrogen) atoms. The quantitative estimate of drug-likeness (QED) is 0.830. The van der Waals surface area contributed by atoms with Crippen molar-refractivity contribution < 1.29 is 4.74 Å². The Morgan fingerprint density at radius 1 is 1.62 bits per heavy atom. The van der Waals surface area contributed by atoms with Crippen LogP contribution in [0.4, 0.5) is 0 Å². The highest BCUT2D eigenvalue weighted by molar-refractivity contribution is 9.10. The molecule has 1 atom stereocenters. The topological polar surface area (TPSA) is 35.2 Å². The Morgan fingerprint density at radius 2 is 2.38 bits per heavy atom. The van der Waals surface area contributed by atoms with Crippen molar-refractivity contribution in [2.24, 2.45) is 5.73 Å². The number of hydrogen-bond donors (Lipinski definition) is 1. The second kappa shape index (κ2) is 5.75. The lowest BCUT2D eigenvalue weighted by atomic mass is 10.1. The lowest BCUT2D eigenvalue weighted by molar-refractivity contribution is 0.190. The van der Waals surface area contributed by atoms with E-state index in [0.29, 0.717) is 0 Å². The van der Waals surface area contributed by atoms with Crippen LogP contribution in [0.15, 0.2) is 15.2 Å². The minimum Gasteiger partial charge on any atom is -0.385 e. The minimum atomic E-state index is 0.135. The number of nitrogens with two attached hydrogens (primary N) is 1. The van der Waals surface area contributed by atoms with E-state index in [1.54, 1.807) is 18.4 Å². The van der Waals surface area contributed by atoms with Gasteiger partial charge in [0.25, 0.3) is 0 Å². The zero-order valence-corrected chi connectivity index (χ0v) is 10.0. The molecule has 0 saturated heterocycles. The average molecular weight is 264 g/mol. The van der Waals surface area contributed by atoms with E-state index in [-0.39, 0.29) is 6.04 Å². The van der Waals surface area contributed by atoms with Crippen molar-refractivity contribution in [1.29, 1.82) is 0 Å². The first-order chi connectivity index (χ1) is 6.25. The van der Waals surface area contributed by atoms with Crippen LogP contribution in [0.2, 0.25) is 0 Å². The summed E-state index contributed by atoms with van der Waals surface area (Å²) in [7, 11) is 1.71. The Kier molecular flexibility index (Phi) is 4.94. The number of hydrogen-bond acceptors (Lipinski definition) is 3. The van der Waals surface area contributed by atoms with Gasteiger partial charge in [-0.2, -0.15) is 11.3 Å². The van der Waals surface area contributed by atoms with E-state index in [1.165, 1.54) is 5.56 Å². The molecule has 0 aliphatic carbocycles. The van der Waals surface area contributed by atoms with Crippen molar-refractivity contribution in [2.75, 3.05) is 13.7 Å². The standard InChI is InChI=1S/C9H14BrNOS/c1-12-4-2-3-9(11)7-5-13-6-8(7)10/h5-6,9H,2-4,11H2,1H3. The van der Waals surface area contributed by atoms with Crippen LogP contribution in [-0.4, -0.2) is 13.7 Å². The van der Waals surface area contributed by atoms with Gasteiger partial charge in [-0.3, -0.25) is 0 Å². The number of rotatable bonds is 5. The van der Waals surface area contributed by atoms with Crippen LogP contribution in [0.25, 0.3) is 0 Å². The molecular formula is C9H14BrNOS. The SMILES string of the molecule is COCCCC(N)c1cscc1Br. The van der Waals surface area contributed by atoms with E-state index in [4.69, 9.17) is 10.5 Å². The molecule has 0 amide bonds. The Bertz CT molecular complexity index is 252. The van der Waals surface area contributed by atoms with Gasteiger partial charge < -0.3 is 10.5 Å². The second-order valence-electron chi connectivity index (χ2n) is 2.92. The van der Waals surface area contributed by atoms with Crippen LogP contribution in [0.5, 0.6) is 0 Å². The van der Waals surface area contributed by atoms with Crippen molar-refractivity contribution in [3.05, 3.63) is 20.8 Å². The van der Waals surface area contributed by atoms with E-state index in [0.717, 1.165) is 23.9 Å². The van der Waals surface area contributed by atoms with Crippen LogP contribution in [-0.2, 0) is 4.74 Å². The Balaban J connectivity index is 2.39. The highest BCUT2D eigenvalue weighted by atomic mass is 79.9. The molecule has 0 radical (unpaired) electrons. The van der Waals surface area contributed by atoms with Gasteiger partial charge in [0.15, 0.2) is 0 Å². The molecule has 1 rings (SSSR count). The van der Waals surface area contributed by atoms with Gasteiger partial charge in [0.05, 0.1) is 0 Å². The zero-order valence-electron chi connectivity index (χ0n) is 7.63. The first-order valence-electron chi connectivity index (χ1n) is 4.21. The molecule has 1 aromatic rings. The highest BCUT2D eigenvalue weighted by Gasteiger charge is 2.09. The molecule has 0 bridgehead atoms. The van der Waals surface area contributed by atoms with Gasteiger partial charge in [-0.1, -0.05) is 0 Å². The number of thiophene rings is 1. The normalized spacial score (nSPS) is 13.2. The molecular weight excluding hydrogens is 250 g/mol. The lowest BCUT2D eigenvalue weighted by Crippen LogP contribution is -2.10. The third kappa shape index (κ3) is 3.38.